The van der Waals surface area contributed by atoms with E-state index in [1.54, 1.807) is 0 Å². The molecule has 1 heteroatoms. The highest BCUT2D eigenvalue weighted by Crippen LogP contribution is 2.24. The predicted octanol–water partition coefficient (Wildman–Crippen LogP) is 2.86. The van der Waals surface area contributed by atoms with Gasteiger partial charge < -0.3 is 0 Å². The van der Waals surface area contributed by atoms with Crippen LogP contribution in [0.25, 0.3) is 0 Å². The van der Waals surface area contributed by atoms with E-state index in [1.165, 1.54) is 16.8 Å². The van der Waals surface area contributed by atoms with Gasteiger partial charge in [0.25, 0.3) is 0 Å². The van der Waals surface area contributed by atoms with Crippen molar-refractivity contribution in [3.63, 3.8) is 0 Å². The van der Waals surface area contributed by atoms with Crippen molar-refractivity contribution in [2.24, 2.45) is 0 Å². The highest BCUT2D eigenvalue weighted by molar-refractivity contribution is 5.37. The van der Waals surface area contributed by atoms with Gasteiger partial charge in [-0.25, -0.2) is 0 Å². The van der Waals surface area contributed by atoms with Gasteiger partial charge in [0.05, 0.1) is 0 Å². The van der Waals surface area contributed by atoms with Gasteiger partial charge in [0.1, 0.15) is 0 Å². The summed E-state index contributed by atoms with van der Waals surface area (Å²) in [7, 11) is 0. The van der Waals surface area contributed by atoms with Crippen molar-refractivity contribution in [2.75, 3.05) is 0 Å². The molecule has 1 heterocycles. The molecular weight excluding hydrogens is 158 g/mol. The number of nitrogens with zero attached hydrogens (tertiary/aromatic N) is 1. The van der Waals surface area contributed by atoms with Gasteiger partial charge in [-0.15, -0.1) is 0 Å². The third-order valence-corrected chi connectivity index (χ3v) is 2.60. The zero-order valence-electron chi connectivity index (χ0n) is 8.25. The van der Waals surface area contributed by atoms with Crippen LogP contribution in [0, 0.1) is 0 Å². The van der Waals surface area contributed by atoms with E-state index in [9.17, 15) is 0 Å². The molecule has 13 heavy (non-hydrogen) atoms. The van der Waals surface area contributed by atoms with Crippen LogP contribution in [0.2, 0.25) is 0 Å². The minimum absolute atomic E-state index is 0.614. The van der Waals surface area contributed by atoms with Crippen molar-refractivity contribution in [3.8, 4) is 0 Å². The summed E-state index contributed by atoms with van der Waals surface area (Å²) < 4.78 is 0. The fraction of sp³-hybridized carbons (Fsp3) is 0.417. The summed E-state index contributed by atoms with van der Waals surface area (Å²) in [4.78, 5) is 4.41. The van der Waals surface area contributed by atoms with Crippen LogP contribution in [0.5, 0.6) is 0 Å². The number of hydrogen-bond donors (Lipinski definition) is 0. The first kappa shape index (κ1) is 8.49. The molecule has 0 fully saturated rings. The van der Waals surface area contributed by atoms with Gasteiger partial charge in [0.15, 0.2) is 0 Å². The largest absolute Gasteiger partial charge is 0.261 e. The van der Waals surface area contributed by atoms with Crippen molar-refractivity contribution >= 4 is 0 Å². The van der Waals surface area contributed by atoms with Crippen molar-refractivity contribution in [1.29, 1.82) is 0 Å². The van der Waals surface area contributed by atoms with E-state index in [0.717, 1.165) is 12.8 Å². The summed E-state index contributed by atoms with van der Waals surface area (Å²) in [5.41, 5.74) is 4.20. The van der Waals surface area contributed by atoms with E-state index in [2.05, 4.69) is 37.0 Å². The molecule has 0 unspecified atom stereocenters. The van der Waals surface area contributed by atoms with Crippen LogP contribution in [0.15, 0.2) is 24.4 Å². The molecule has 0 saturated carbocycles. The second-order valence-electron chi connectivity index (χ2n) is 3.86. The molecule has 1 aromatic rings. The minimum atomic E-state index is 0.614. The van der Waals surface area contributed by atoms with Gasteiger partial charge in [-0.3, -0.25) is 4.98 Å². The summed E-state index contributed by atoms with van der Waals surface area (Å²) in [5, 5.41) is 0. The molecule has 1 aromatic heterocycles. The quantitative estimate of drug-likeness (QED) is 0.595. The smallest absolute Gasteiger partial charge is 0.0479 e. The molecule has 0 amide bonds. The van der Waals surface area contributed by atoms with Gasteiger partial charge in [-0.05, 0) is 29.5 Å². The van der Waals surface area contributed by atoms with Crippen LogP contribution < -0.4 is 0 Å². The molecular formula is C12H15N. The van der Waals surface area contributed by atoms with Crippen molar-refractivity contribution in [2.45, 2.75) is 32.6 Å². The maximum absolute atomic E-state index is 4.41. The average molecular weight is 173 g/mol. The van der Waals surface area contributed by atoms with Gasteiger partial charge in [-0.2, -0.15) is 0 Å². The number of allylic oxidation sites excluding steroid dienone is 2. The molecule has 1 nitrogen and oxygen atoms in total. The highest BCUT2D eigenvalue weighted by Gasteiger charge is 2.12. The van der Waals surface area contributed by atoms with Crippen LogP contribution in [0.1, 0.15) is 36.6 Å². The number of hydrogen-bond acceptors (Lipinski definition) is 1. The number of aromatic nitrogens is 1. The first-order valence-corrected chi connectivity index (χ1v) is 4.90. The molecule has 68 valence electrons. The fourth-order valence-electron chi connectivity index (χ4n) is 1.90. The van der Waals surface area contributed by atoms with E-state index in [0.29, 0.717) is 5.92 Å². The topological polar surface area (TPSA) is 12.9 Å². The van der Waals surface area contributed by atoms with Crippen LogP contribution in [-0.4, -0.2) is 4.98 Å². The lowest BCUT2D eigenvalue weighted by molar-refractivity contribution is 0.828. The molecule has 0 bridgehead atoms. The molecule has 1 aliphatic carbocycles. The van der Waals surface area contributed by atoms with E-state index in [4.69, 9.17) is 0 Å². The van der Waals surface area contributed by atoms with Crippen molar-refractivity contribution in [3.05, 3.63) is 41.2 Å². The van der Waals surface area contributed by atoms with Crippen molar-refractivity contribution < 1.29 is 0 Å². The summed E-state index contributed by atoms with van der Waals surface area (Å²) in [6.07, 6.45) is 8.47. The van der Waals surface area contributed by atoms with Crippen molar-refractivity contribution in [1.82, 2.24) is 4.98 Å². The lowest BCUT2D eigenvalue weighted by Gasteiger charge is -2.16. The Morgan fingerprint density at radius 2 is 2.00 bits per heavy atom. The first-order valence-electron chi connectivity index (χ1n) is 4.90. The van der Waals surface area contributed by atoms with E-state index in [-0.39, 0.29) is 0 Å². The summed E-state index contributed by atoms with van der Waals surface area (Å²) in [5.74, 6) is 0.614. The molecule has 0 aromatic carbocycles. The third kappa shape index (κ3) is 1.51. The molecule has 1 aliphatic rings. The summed E-state index contributed by atoms with van der Waals surface area (Å²) in [6.45, 7) is 4.49. The monoisotopic (exact) mass is 173 g/mol. The summed E-state index contributed by atoms with van der Waals surface area (Å²) in [6, 6.07) is 2.16. The Balaban J connectivity index is 2.49. The van der Waals surface area contributed by atoms with Crippen LogP contribution in [-0.2, 0) is 12.8 Å². The lowest BCUT2D eigenvalue weighted by Crippen LogP contribution is -2.05. The first-order chi connectivity index (χ1) is 6.29. The number of pyridine rings is 1. The normalized spacial score (nSPS) is 14.7. The third-order valence-electron chi connectivity index (χ3n) is 2.60. The van der Waals surface area contributed by atoms with Crippen LogP contribution in [0.4, 0.5) is 0 Å². The summed E-state index contributed by atoms with van der Waals surface area (Å²) >= 11 is 0. The Kier molecular flexibility index (Phi) is 2.17. The van der Waals surface area contributed by atoms with E-state index < -0.39 is 0 Å². The van der Waals surface area contributed by atoms with Gasteiger partial charge in [0, 0.05) is 18.3 Å². The molecule has 0 N–H and O–H groups in total. The SMILES string of the molecule is CC(C)c1ccnc2c1CC=CC2. The number of fused-ring (bicyclic) bond motifs is 1. The zero-order chi connectivity index (χ0) is 9.26. The molecule has 0 saturated heterocycles. The zero-order valence-corrected chi connectivity index (χ0v) is 8.25. The lowest BCUT2D eigenvalue weighted by atomic mass is 9.91. The minimum Gasteiger partial charge on any atom is -0.261 e. The molecule has 0 aliphatic heterocycles. The Morgan fingerprint density at radius 1 is 1.23 bits per heavy atom. The Morgan fingerprint density at radius 3 is 2.77 bits per heavy atom. The molecule has 0 spiro atoms. The average Bonchev–Trinajstić information content (AvgIpc) is 2.17. The molecule has 0 radical (unpaired) electrons. The standard InChI is InChI=1S/C12H15N/c1-9(2)10-7-8-13-12-6-4-3-5-11(10)12/h3-4,7-9H,5-6H2,1-2H3. The Hall–Kier alpha value is -1.11. The van der Waals surface area contributed by atoms with Crippen LogP contribution >= 0.6 is 0 Å². The number of rotatable bonds is 1. The van der Waals surface area contributed by atoms with E-state index in [1.807, 2.05) is 6.20 Å². The van der Waals surface area contributed by atoms with Gasteiger partial charge in [-0.1, -0.05) is 26.0 Å². The Labute approximate surface area is 79.5 Å². The highest BCUT2D eigenvalue weighted by atomic mass is 14.7. The molecule has 0 atom stereocenters. The molecule has 2 rings (SSSR count). The van der Waals surface area contributed by atoms with E-state index >= 15 is 0 Å². The van der Waals surface area contributed by atoms with Crippen LogP contribution in [0.3, 0.4) is 0 Å². The maximum atomic E-state index is 4.41. The predicted molar refractivity (Wildman–Crippen MR) is 54.9 cm³/mol. The maximum Gasteiger partial charge on any atom is 0.0479 e. The second-order valence-corrected chi connectivity index (χ2v) is 3.86. The van der Waals surface area contributed by atoms with Gasteiger partial charge in [0.2, 0.25) is 0 Å². The second kappa shape index (κ2) is 3.33. The van der Waals surface area contributed by atoms with Gasteiger partial charge >= 0.3 is 0 Å². The fourth-order valence-corrected chi connectivity index (χ4v) is 1.90. The Bertz CT molecular complexity index is 337.